The average Bonchev–Trinajstić information content (AvgIpc) is 2.98. The Hall–Kier alpha value is -0.264. The standard InChI is InChI=1S/C18H28O3S.Mg.2H/c1-3-4-5-6-7-8-11-22(19)15(2)12-16-9-10-17-18(13-16)21-14-20-17;;;/h9-10,13,15H,3-8,11-12,14H2,1-2H3;;;/q;+2;2*-1. The summed E-state index contributed by atoms with van der Waals surface area (Å²) in [6, 6.07) is 6.01. The van der Waals surface area contributed by atoms with Crippen LogP contribution in [0.5, 0.6) is 11.5 Å². The second-order valence-corrected chi connectivity index (χ2v) is 8.03. The minimum Gasteiger partial charge on any atom is -1.00 e. The van der Waals surface area contributed by atoms with E-state index in [0.717, 1.165) is 30.1 Å². The molecule has 0 fully saturated rings. The van der Waals surface area contributed by atoms with Crippen molar-refractivity contribution >= 4 is 33.9 Å². The molecular formula is C18H30MgO3S. The molecule has 0 aliphatic carbocycles. The molecule has 0 spiro atoms. The van der Waals surface area contributed by atoms with Crippen LogP contribution in [0.1, 0.15) is 60.8 Å². The SMILES string of the molecule is CCCCCCCCS(=O)C(C)Cc1ccc2c(c1)OCO2.[H-].[H-].[Mg+2]. The minimum atomic E-state index is -0.743. The second kappa shape index (κ2) is 11.3. The van der Waals surface area contributed by atoms with Crippen LogP contribution in [0.3, 0.4) is 0 Å². The summed E-state index contributed by atoms with van der Waals surface area (Å²) in [7, 11) is -0.743. The topological polar surface area (TPSA) is 35.5 Å². The number of hydrogen-bond donors (Lipinski definition) is 0. The predicted molar refractivity (Wildman–Crippen MR) is 100 cm³/mol. The molecule has 1 aromatic carbocycles. The van der Waals surface area contributed by atoms with Gasteiger partial charge in [0.05, 0.1) is 0 Å². The zero-order valence-electron chi connectivity index (χ0n) is 16.5. The third-order valence-corrected chi connectivity index (χ3v) is 5.86. The number of rotatable bonds is 10. The predicted octanol–water partition coefficient (Wildman–Crippen LogP) is 4.30. The Morgan fingerprint density at radius 2 is 1.83 bits per heavy atom. The summed E-state index contributed by atoms with van der Waals surface area (Å²) in [5.41, 5.74) is 1.17. The van der Waals surface area contributed by atoms with Gasteiger partial charge in [0.2, 0.25) is 6.79 Å². The smallest absolute Gasteiger partial charge is 1.00 e. The summed E-state index contributed by atoms with van der Waals surface area (Å²) in [5, 5.41) is 0.191. The van der Waals surface area contributed by atoms with E-state index in [4.69, 9.17) is 9.47 Å². The van der Waals surface area contributed by atoms with Crippen molar-refractivity contribution in [2.75, 3.05) is 12.5 Å². The number of benzene rings is 1. The van der Waals surface area contributed by atoms with E-state index in [9.17, 15) is 4.21 Å². The Morgan fingerprint density at radius 1 is 1.13 bits per heavy atom. The molecule has 3 nitrogen and oxygen atoms in total. The summed E-state index contributed by atoms with van der Waals surface area (Å²) in [5.74, 6) is 2.45. The van der Waals surface area contributed by atoms with Gasteiger partial charge in [-0.3, -0.25) is 4.21 Å². The summed E-state index contributed by atoms with van der Waals surface area (Å²) in [6.45, 7) is 4.61. The van der Waals surface area contributed by atoms with Crippen molar-refractivity contribution in [3.8, 4) is 11.5 Å². The van der Waals surface area contributed by atoms with Crippen LogP contribution in [-0.4, -0.2) is 45.1 Å². The maximum Gasteiger partial charge on any atom is 2.00 e. The molecule has 1 aliphatic heterocycles. The van der Waals surface area contributed by atoms with Gasteiger partial charge in [0, 0.05) is 21.8 Å². The zero-order chi connectivity index (χ0) is 15.8. The molecule has 0 saturated heterocycles. The molecule has 2 atom stereocenters. The van der Waals surface area contributed by atoms with E-state index in [-0.39, 0.29) is 31.2 Å². The van der Waals surface area contributed by atoms with Crippen LogP contribution >= 0.6 is 0 Å². The normalized spacial score (nSPS) is 15.0. The maximum absolute atomic E-state index is 12.3. The molecule has 128 valence electrons. The van der Waals surface area contributed by atoms with Gasteiger partial charge in [-0.2, -0.15) is 0 Å². The Balaban J connectivity index is 0. The summed E-state index contributed by atoms with van der Waals surface area (Å²) < 4.78 is 23.0. The van der Waals surface area contributed by atoms with Crippen molar-refractivity contribution in [3.63, 3.8) is 0 Å². The van der Waals surface area contributed by atoms with Crippen LogP contribution in [0.2, 0.25) is 0 Å². The number of unbranched alkanes of at least 4 members (excludes halogenated alkanes) is 5. The molecule has 2 rings (SSSR count). The molecule has 0 N–H and O–H groups in total. The van der Waals surface area contributed by atoms with Gasteiger partial charge in [0.25, 0.3) is 0 Å². The fourth-order valence-electron chi connectivity index (χ4n) is 2.72. The van der Waals surface area contributed by atoms with Crippen molar-refractivity contribution in [2.45, 2.75) is 64.0 Å². The van der Waals surface area contributed by atoms with E-state index in [0.29, 0.717) is 6.79 Å². The van der Waals surface area contributed by atoms with Gasteiger partial charge < -0.3 is 12.3 Å². The molecule has 1 aromatic rings. The largest absolute Gasteiger partial charge is 2.00 e. The van der Waals surface area contributed by atoms with Crippen LogP contribution < -0.4 is 9.47 Å². The fourth-order valence-corrected chi connectivity index (χ4v) is 3.99. The molecule has 0 radical (unpaired) electrons. The van der Waals surface area contributed by atoms with Crippen molar-refractivity contribution in [2.24, 2.45) is 0 Å². The monoisotopic (exact) mass is 350 g/mol. The quantitative estimate of drug-likeness (QED) is 0.466. The first-order valence-electron chi connectivity index (χ1n) is 8.46. The average molecular weight is 351 g/mol. The van der Waals surface area contributed by atoms with Crippen LogP contribution in [0.4, 0.5) is 0 Å². The van der Waals surface area contributed by atoms with Gasteiger partial charge >= 0.3 is 23.1 Å². The molecule has 2 unspecified atom stereocenters. The van der Waals surface area contributed by atoms with Crippen molar-refractivity contribution in [3.05, 3.63) is 23.8 Å². The molecular weight excluding hydrogens is 321 g/mol. The molecule has 0 amide bonds. The minimum absolute atomic E-state index is 0. The van der Waals surface area contributed by atoms with E-state index >= 15 is 0 Å². The van der Waals surface area contributed by atoms with E-state index in [1.165, 1.54) is 37.7 Å². The molecule has 1 heterocycles. The van der Waals surface area contributed by atoms with Crippen molar-refractivity contribution in [1.29, 1.82) is 0 Å². The molecule has 1 aliphatic rings. The van der Waals surface area contributed by atoms with Crippen molar-refractivity contribution < 1.29 is 16.5 Å². The number of fused-ring (bicyclic) bond motifs is 1. The molecule has 23 heavy (non-hydrogen) atoms. The molecule has 0 aromatic heterocycles. The molecule has 0 saturated carbocycles. The van der Waals surface area contributed by atoms with Crippen LogP contribution in [0.15, 0.2) is 18.2 Å². The van der Waals surface area contributed by atoms with Gasteiger partial charge in [0.1, 0.15) is 0 Å². The van der Waals surface area contributed by atoms with E-state index in [2.05, 4.69) is 13.8 Å². The second-order valence-electron chi connectivity index (χ2n) is 6.05. The Bertz CT molecular complexity index is 503. The summed E-state index contributed by atoms with van der Waals surface area (Å²) in [6.07, 6.45) is 8.32. The molecule has 0 bridgehead atoms. The first-order chi connectivity index (χ1) is 10.7. The van der Waals surface area contributed by atoms with E-state index < -0.39 is 10.8 Å². The fraction of sp³-hybridized carbons (Fsp3) is 0.667. The summed E-state index contributed by atoms with van der Waals surface area (Å²) >= 11 is 0. The first-order valence-corrected chi connectivity index (χ1v) is 9.84. The zero-order valence-corrected chi connectivity index (χ0v) is 16.7. The summed E-state index contributed by atoms with van der Waals surface area (Å²) in [4.78, 5) is 0. The third kappa shape index (κ3) is 7.02. The van der Waals surface area contributed by atoms with Gasteiger partial charge in [0.15, 0.2) is 11.5 Å². The number of hydrogen-bond acceptors (Lipinski definition) is 3. The van der Waals surface area contributed by atoms with E-state index in [1.807, 2.05) is 18.2 Å². The first kappa shape index (κ1) is 20.8. The van der Waals surface area contributed by atoms with Crippen LogP contribution in [0, 0.1) is 0 Å². The van der Waals surface area contributed by atoms with Gasteiger partial charge in [-0.05, 0) is 30.5 Å². The molecule has 5 heteroatoms. The third-order valence-electron chi connectivity index (χ3n) is 4.11. The Kier molecular flexibility index (Phi) is 10.2. The van der Waals surface area contributed by atoms with E-state index in [1.54, 1.807) is 0 Å². The van der Waals surface area contributed by atoms with Gasteiger partial charge in [-0.15, -0.1) is 0 Å². The Morgan fingerprint density at radius 3 is 2.61 bits per heavy atom. The Labute approximate surface area is 162 Å². The van der Waals surface area contributed by atoms with Crippen molar-refractivity contribution in [1.82, 2.24) is 0 Å². The van der Waals surface area contributed by atoms with Gasteiger partial charge in [-0.1, -0.05) is 52.0 Å². The number of ether oxygens (including phenoxy) is 2. The van der Waals surface area contributed by atoms with Crippen LogP contribution in [0.25, 0.3) is 0 Å². The van der Waals surface area contributed by atoms with Gasteiger partial charge in [-0.25, -0.2) is 0 Å². The van der Waals surface area contributed by atoms with Crippen LogP contribution in [-0.2, 0) is 17.2 Å². The maximum atomic E-state index is 12.3.